The maximum Gasteiger partial charge on any atom is 0.0713 e. The molecule has 1 aromatic carbocycles. The second kappa shape index (κ2) is 4.98. The molecule has 1 aromatic rings. The van der Waals surface area contributed by atoms with E-state index in [9.17, 15) is 0 Å². The molecule has 1 aliphatic carbocycles. The van der Waals surface area contributed by atoms with Crippen LogP contribution in [0.15, 0.2) is 24.3 Å². The maximum atomic E-state index is 6.47. The number of hydrogen-bond acceptors (Lipinski definition) is 2. The summed E-state index contributed by atoms with van der Waals surface area (Å²) in [5.41, 5.74) is 8.89. The van der Waals surface area contributed by atoms with Crippen molar-refractivity contribution in [3.05, 3.63) is 35.4 Å². The summed E-state index contributed by atoms with van der Waals surface area (Å²) in [6, 6.07) is 8.59. The van der Waals surface area contributed by atoms with E-state index >= 15 is 0 Å². The van der Waals surface area contributed by atoms with Crippen molar-refractivity contribution in [3.63, 3.8) is 0 Å². The SMILES string of the molecule is COCc1ccc(C2(N)CCCCC2)cc1. The van der Waals surface area contributed by atoms with Gasteiger partial charge in [0, 0.05) is 12.6 Å². The van der Waals surface area contributed by atoms with Gasteiger partial charge in [-0.3, -0.25) is 0 Å². The molecule has 0 atom stereocenters. The van der Waals surface area contributed by atoms with Crippen molar-refractivity contribution in [2.24, 2.45) is 5.73 Å². The lowest BCUT2D eigenvalue weighted by Gasteiger charge is -2.34. The molecule has 0 saturated heterocycles. The maximum absolute atomic E-state index is 6.47. The zero-order chi connectivity index (χ0) is 11.4. The van der Waals surface area contributed by atoms with E-state index in [4.69, 9.17) is 10.5 Å². The third-order valence-corrected chi connectivity index (χ3v) is 3.59. The highest BCUT2D eigenvalue weighted by atomic mass is 16.5. The van der Waals surface area contributed by atoms with E-state index in [1.165, 1.54) is 30.4 Å². The molecule has 16 heavy (non-hydrogen) atoms. The van der Waals surface area contributed by atoms with Gasteiger partial charge in [0.25, 0.3) is 0 Å². The van der Waals surface area contributed by atoms with Crippen molar-refractivity contribution in [1.82, 2.24) is 0 Å². The molecule has 1 aliphatic rings. The fourth-order valence-corrected chi connectivity index (χ4v) is 2.57. The van der Waals surface area contributed by atoms with Gasteiger partial charge in [0.2, 0.25) is 0 Å². The number of hydrogen-bond donors (Lipinski definition) is 1. The minimum Gasteiger partial charge on any atom is -0.380 e. The molecule has 1 saturated carbocycles. The highest BCUT2D eigenvalue weighted by Gasteiger charge is 2.28. The Balaban J connectivity index is 2.13. The summed E-state index contributed by atoms with van der Waals surface area (Å²) in [7, 11) is 1.72. The Morgan fingerprint density at radius 3 is 2.31 bits per heavy atom. The summed E-state index contributed by atoms with van der Waals surface area (Å²) in [4.78, 5) is 0. The first-order valence-corrected chi connectivity index (χ1v) is 6.12. The standard InChI is InChI=1S/C14H21NO/c1-16-11-12-5-7-13(8-6-12)14(15)9-3-2-4-10-14/h5-8H,2-4,9-11,15H2,1H3. The normalized spacial score (nSPS) is 19.6. The van der Waals surface area contributed by atoms with Gasteiger partial charge in [-0.2, -0.15) is 0 Å². The third-order valence-electron chi connectivity index (χ3n) is 3.59. The van der Waals surface area contributed by atoms with Crippen molar-refractivity contribution in [3.8, 4) is 0 Å². The van der Waals surface area contributed by atoms with E-state index in [-0.39, 0.29) is 5.54 Å². The van der Waals surface area contributed by atoms with Crippen LogP contribution in [0.3, 0.4) is 0 Å². The Hall–Kier alpha value is -0.860. The van der Waals surface area contributed by atoms with Crippen LogP contribution in [0.2, 0.25) is 0 Å². The van der Waals surface area contributed by atoms with Crippen LogP contribution in [-0.2, 0) is 16.9 Å². The zero-order valence-corrected chi connectivity index (χ0v) is 10.0. The summed E-state index contributed by atoms with van der Waals surface area (Å²) in [5, 5.41) is 0. The second-order valence-electron chi connectivity index (χ2n) is 4.85. The highest BCUT2D eigenvalue weighted by molar-refractivity contribution is 5.28. The Labute approximate surface area is 97.8 Å². The number of rotatable bonds is 3. The van der Waals surface area contributed by atoms with E-state index < -0.39 is 0 Å². The Morgan fingerprint density at radius 1 is 1.12 bits per heavy atom. The van der Waals surface area contributed by atoms with Gasteiger partial charge in [-0.1, -0.05) is 43.5 Å². The monoisotopic (exact) mass is 219 g/mol. The lowest BCUT2D eigenvalue weighted by atomic mass is 9.77. The van der Waals surface area contributed by atoms with Crippen molar-refractivity contribution >= 4 is 0 Å². The van der Waals surface area contributed by atoms with Gasteiger partial charge in [-0.05, 0) is 24.0 Å². The Kier molecular flexibility index (Phi) is 3.62. The van der Waals surface area contributed by atoms with Gasteiger partial charge < -0.3 is 10.5 Å². The van der Waals surface area contributed by atoms with E-state index in [1.54, 1.807) is 7.11 Å². The highest BCUT2D eigenvalue weighted by Crippen LogP contribution is 2.34. The van der Waals surface area contributed by atoms with Crippen LogP contribution in [0.4, 0.5) is 0 Å². The number of benzene rings is 1. The first-order valence-electron chi connectivity index (χ1n) is 6.12. The molecule has 0 amide bonds. The Morgan fingerprint density at radius 2 is 1.75 bits per heavy atom. The summed E-state index contributed by atoms with van der Waals surface area (Å²) < 4.78 is 5.11. The van der Waals surface area contributed by atoms with Crippen LogP contribution in [0.25, 0.3) is 0 Å². The van der Waals surface area contributed by atoms with Crippen molar-refractivity contribution in [1.29, 1.82) is 0 Å². The van der Waals surface area contributed by atoms with Crippen LogP contribution in [-0.4, -0.2) is 7.11 Å². The third kappa shape index (κ3) is 2.45. The fraction of sp³-hybridized carbons (Fsp3) is 0.571. The largest absolute Gasteiger partial charge is 0.380 e. The average Bonchev–Trinajstić information content (AvgIpc) is 2.31. The molecule has 0 radical (unpaired) electrons. The number of ether oxygens (including phenoxy) is 1. The summed E-state index contributed by atoms with van der Waals surface area (Å²) in [6.45, 7) is 0.678. The van der Waals surface area contributed by atoms with Crippen molar-refractivity contribution in [2.75, 3.05) is 7.11 Å². The van der Waals surface area contributed by atoms with Gasteiger partial charge in [-0.25, -0.2) is 0 Å². The molecule has 2 rings (SSSR count). The first kappa shape index (κ1) is 11.6. The van der Waals surface area contributed by atoms with E-state index in [0.29, 0.717) is 6.61 Å². The van der Waals surface area contributed by atoms with Crippen LogP contribution < -0.4 is 5.73 Å². The fourth-order valence-electron chi connectivity index (χ4n) is 2.57. The van der Waals surface area contributed by atoms with Crippen molar-refractivity contribution in [2.45, 2.75) is 44.2 Å². The molecule has 0 aliphatic heterocycles. The van der Waals surface area contributed by atoms with Crippen molar-refractivity contribution < 1.29 is 4.74 Å². The zero-order valence-electron chi connectivity index (χ0n) is 10.0. The molecule has 0 unspecified atom stereocenters. The Bertz CT molecular complexity index is 325. The lowest BCUT2D eigenvalue weighted by molar-refractivity contribution is 0.185. The van der Waals surface area contributed by atoms with Gasteiger partial charge in [0.1, 0.15) is 0 Å². The first-order chi connectivity index (χ1) is 7.74. The predicted molar refractivity (Wildman–Crippen MR) is 66.1 cm³/mol. The summed E-state index contributed by atoms with van der Waals surface area (Å²) >= 11 is 0. The minimum atomic E-state index is -0.0795. The lowest BCUT2D eigenvalue weighted by Crippen LogP contribution is -2.38. The molecular weight excluding hydrogens is 198 g/mol. The quantitative estimate of drug-likeness (QED) is 0.848. The molecule has 2 nitrogen and oxygen atoms in total. The number of methoxy groups -OCH3 is 1. The molecular formula is C14H21NO. The molecule has 0 aromatic heterocycles. The molecule has 1 fully saturated rings. The smallest absolute Gasteiger partial charge is 0.0713 e. The van der Waals surface area contributed by atoms with Crippen LogP contribution in [0.1, 0.15) is 43.2 Å². The molecule has 88 valence electrons. The van der Waals surface area contributed by atoms with Gasteiger partial charge in [0.15, 0.2) is 0 Å². The van der Waals surface area contributed by atoms with E-state index in [1.807, 2.05) is 0 Å². The van der Waals surface area contributed by atoms with Gasteiger partial charge in [0.05, 0.1) is 6.61 Å². The van der Waals surface area contributed by atoms with Gasteiger partial charge in [-0.15, -0.1) is 0 Å². The number of nitrogens with two attached hydrogens (primary N) is 1. The van der Waals surface area contributed by atoms with Crippen LogP contribution >= 0.6 is 0 Å². The minimum absolute atomic E-state index is 0.0795. The predicted octanol–water partition coefficient (Wildman–Crippen LogP) is 2.95. The molecule has 2 N–H and O–H groups in total. The molecule has 0 spiro atoms. The molecule has 2 heteroatoms. The van der Waals surface area contributed by atoms with E-state index in [0.717, 1.165) is 12.8 Å². The average molecular weight is 219 g/mol. The van der Waals surface area contributed by atoms with Crippen LogP contribution in [0, 0.1) is 0 Å². The van der Waals surface area contributed by atoms with Gasteiger partial charge >= 0.3 is 0 Å². The summed E-state index contributed by atoms with van der Waals surface area (Å²) in [6.07, 6.45) is 6.10. The summed E-state index contributed by atoms with van der Waals surface area (Å²) in [5.74, 6) is 0. The molecule has 0 heterocycles. The topological polar surface area (TPSA) is 35.2 Å². The molecule has 0 bridgehead atoms. The van der Waals surface area contributed by atoms with Crippen LogP contribution in [0.5, 0.6) is 0 Å². The van der Waals surface area contributed by atoms with E-state index in [2.05, 4.69) is 24.3 Å². The second-order valence-corrected chi connectivity index (χ2v) is 4.85.